The second-order valence-electron chi connectivity index (χ2n) is 16.0. The maximum Gasteiger partial charge on any atom is 0.799 e. The predicted molar refractivity (Wildman–Crippen MR) is 223 cm³/mol. The van der Waals surface area contributed by atoms with E-state index < -0.39 is 7.32 Å². The van der Waals surface area contributed by atoms with Crippen LogP contribution < -0.4 is 9.31 Å². The van der Waals surface area contributed by atoms with Crippen LogP contribution in [0.5, 0.6) is 11.5 Å². The zero-order valence-electron chi connectivity index (χ0n) is 33.5. The van der Waals surface area contributed by atoms with Gasteiger partial charge in [0.25, 0.3) is 0 Å². The number of allylic oxidation sites excluding steroid dienone is 1. The lowest BCUT2D eigenvalue weighted by Gasteiger charge is -2.25. The number of benzene rings is 4. The van der Waals surface area contributed by atoms with Gasteiger partial charge in [-0.05, 0) is 117 Å². The third-order valence-electron chi connectivity index (χ3n) is 10.0. The van der Waals surface area contributed by atoms with Crippen LogP contribution in [-0.4, -0.2) is 13.1 Å². The van der Waals surface area contributed by atoms with E-state index in [1.807, 2.05) is 30.3 Å². The number of rotatable bonds is 14. The molecule has 0 radical (unpaired) electrons. The molecule has 7 heteroatoms. The first kappa shape index (κ1) is 41.3. The first-order valence-corrected chi connectivity index (χ1v) is 19.6. The van der Waals surface area contributed by atoms with Crippen LogP contribution in [0.4, 0.5) is 0 Å². The summed E-state index contributed by atoms with van der Waals surface area (Å²) in [6.07, 6.45) is 2.02. The Hall–Kier alpha value is -4.43. The molecule has 53 heavy (non-hydrogen) atoms. The van der Waals surface area contributed by atoms with E-state index in [9.17, 15) is 10.5 Å². The van der Waals surface area contributed by atoms with Crippen molar-refractivity contribution in [2.45, 2.75) is 112 Å². The predicted octanol–water partition coefficient (Wildman–Crippen LogP) is 13.1. The summed E-state index contributed by atoms with van der Waals surface area (Å²) in [5.41, 5.74) is 9.95. The number of hydrogen-bond acceptors (Lipinski definition) is 6. The van der Waals surface area contributed by atoms with Crippen molar-refractivity contribution >= 4 is 19.4 Å². The first-order chi connectivity index (χ1) is 25.1. The van der Waals surface area contributed by atoms with E-state index in [1.165, 1.54) is 22.3 Å². The fraction of sp³-hybridized carbons (Fsp3) is 0.391. The number of hydrogen-bond donors (Lipinski definition) is 0. The monoisotopic (exact) mass is 726 g/mol. The average Bonchev–Trinajstić information content (AvgIpc) is 3.14. The maximum atomic E-state index is 9.40. The van der Waals surface area contributed by atoms with Crippen molar-refractivity contribution in [1.82, 2.24) is 0 Å². The third kappa shape index (κ3) is 10.6. The van der Waals surface area contributed by atoms with Gasteiger partial charge in [-0.2, -0.15) is 10.5 Å². The van der Waals surface area contributed by atoms with Gasteiger partial charge in [-0.25, -0.2) is 0 Å². The van der Waals surface area contributed by atoms with E-state index in [0.717, 1.165) is 47.1 Å². The minimum Gasteiger partial charge on any atom is -0.500 e. The fourth-order valence-electron chi connectivity index (χ4n) is 6.05. The Morgan fingerprint density at radius 1 is 0.679 bits per heavy atom. The molecule has 4 aromatic carbocycles. The quantitative estimate of drug-likeness (QED) is 0.0731. The Morgan fingerprint density at radius 3 is 1.66 bits per heavy atom. The van der Waals surface area contributed by atoms with Crippen LogP contribution in [0.1, 0.15) is 123 Å². The summed E-state index contributed by atoms with van der Waals surface area (Å²) in [4.78, 5) is 0. The molecule has 4 rings (SSSR count). The van der Waals surface area contributed by atoms with E-state index in [1.54, 1.807) is 6.92 Å². The van der Waals surface area contributed by atoms with Gasteiger partial charge in [-0.3, -0.25) is 4.10 Å². The zero-order valence-corrected chi connectivity index (χ0v) is 34.3. The van der Waals surface area contributed by atoms with E-state index in [-0.39, 0.29) is 16.4 Å². The summed E-state index contributed by atoms with van der Waals surface area (Å²) in [6, 6.07) is 33.9. The number of nitrogens with zero attached hydrogens (tertiary/aromatic N) is 2. The average molecular weight is 727 g/mol. The second kappa shape index (κ2) is 18.1. The molecular weight excluding hydrogens is 671 g/mol. The van der Waals surface area contributed by atoms with Gasteiger partial charge < -0.3 is 9.31 Å². The van der Waals surface area contributed by atoms with Gasteiger partial charge >= 0.3 is 7.32 Å². The van der Waals surface area contributed by atoms with Crippen LogP contribution in [-0.2, 0) is 14.9 Å². The Morgan fingerprint density at radius 2 is 1.19 bits per heavy atom. The van der Waals surface area contributed by atoms with Gasteiger partial charge in [0, 0.05) is 11.3 Å². The lowest BCUT2D eigenvalue weighted by molar-refractivity contribution is 0.328. The van der Waals surface area contributed by atoms with E-state index in [0.29, 0.717) is 34.7 Å². The molecule has 0 aromatic heterocycles. The van der Waals surface area contributed by atoms with Crippen molar-refractivity contribution in [2.24, 2.45) is 0 Å². The molecule has 0 heterocycles. The van der Waals surface area contributed by atoms with Crippen LogP contribution in [0.3, 0.4) is 0 Å². The van der Waals surface area contributed by atoms with Crippen molar-refractivity contribution in [3.63, 3.8) is 0 Å². The molecule has 5 nitrogen and oxygen atoms in total. The summed E-state index contributed by atoms with van der Waals surface area (Å²) in [5.74, 6) is 2.25. The van der Waals surface area contributed by atoms with Crippen molar-refractivity contribution in [1.29, 1.82) is 10.5 Å². The lowest BCUT2D eigenvalue weighted by atomic mass is 9.81. The molecule has 0 amide bonds. The van der Waals surface area contributed by atoms with E-state index in [2.05, 4.69) is 136 Å². The Labute approximate surface area is 323 Å². The molecule has 2 atom stereocenters. The summed E-state index contributed by atoms with van der Waals surface area (Å²) in [6.45, 7) is 24.0. The summed E-state index contributed by atoms with van der Waals surface area (Å²) in [5, 5.41) is 18.8. The third-order valence-corrected chi connectivity index (χ3v) is 10.9. The maximum absolute atomic E-state index is 9.40. The Bertz CT molecular complexity index is 1930. The van der Waals surface area contributed by atoms with Crippen LogP contribution in [0.15, 0.2) is 96.1 Å². The van der Waals surface area contributed by atoms with E-state index in [4.69, 9.17) is 13.4 Å². The molecule has 0 fully saturated rings. The Kier molecular flexibility index (Phi) is 14.1. The highest BCUT2D eigenvalue weighted by molar-refractivity contribution is 7.95. The standard InChI is InChI=1S/C46H55BN2O3S/c1-12-31(3)34-18-24-40(25-19-34)50-47(52-53-30-33(5)37(28-48)29-49)51-42-27-26-41(32(4)13-2)43(35-14-20-38(21-15-35)45(6,7)8)44(42)36-16-22-39(23-17-36)46(9,10)11/h14-27,31-32H,12-13,30H2,1-11H3. The molecule has 0 aliphatic heterocycles. The molecule has 2 unspecified atom stereocenters. The van der Waals surface area contributed by atoms with Gasteiger partial charge in [0.15, 0.2) is 0 Å². The number of nitriles is 2. The molecule has 0 aliphatic carbocycles. The molecule has 0 spiro atoms. The van der Waals surface area contributed by atoms with Crippen LogP contribution in [0.2, 0.25) is 0 Å². The summed E-state index contributed by atoms with van der Waals surface area (Å²) < 4.78 is 19.4. The fourth-order valence-corrected chi connectivity index (χ4v) is 6.63. The topological polar surface area (TPSA) is 75.3 Å². The minimum absolute atomic E-state index is 0.0000535. The lowest BCUT2D eigenvalue weighted by Crippen LogP contribution is -2.32. The van der Waals surface area contributed by atoms with Crippen LogP contribution in [0, 0.1) is 22.7 Å². The zero-order chi connectivity index (χ0) is 38.9. The second-order valence-corrected chi connectivity index (χ2v) is 16.7. The van der Waals surface area contributed by atoms with Crippen LogP contribution >= 0.6 is 12.0 Å². The minimum atomic E-state index is -1.15. The Balaban J connectivity index is 1.90. The van der Waals surface area contributed by atoms with Gasteiger partial charge in [-0.1, -0.05) is 136 Å². The molecule has 0 saturated heterocycles. The molecule has 0 bridgehead atoms. The first-order valence-electron chi connectivity index (χ1n) is 18.7. The van der Waals surface area contributed by atoms with Crippen molar-refractivity contribution in [3.8, 4) is 45.9 Å². The normalized spacial score (nSPS) is 12.6. The summed E-state index contributed by atoms with van der Waals surface area (Å²) in [7, 11) is -1.15. The van der Waals surface area contributed by atoms with Gasteiger partial charge in [0.2, 0.25) is 0 Å². The van der Waals surface area contributed by atoms with Crippen molar-refractivity contribution < 1.29 is 13.4 Å². The largest absolute Gasteiger partial charge is 0.799 e. The van der Waals surface area contributed by atoms with Crippen molar-refractivity contribution in [3.05, 3.63) is 118 Å². The van der Waals surface area contributed by atoms with Gasteiger partial charge in [-0.15, -0.1) is 0 Å². The van der Waals surface area contributed by atoms with Crippen molar-refractivity contribution in [2.75, 3.05) is 5.75 Å². The van der Waals surface area contributed by atoms with Gasteiger partial charge in [0.1, 0.15) is 29.2 Å². The summed E-state index contributed by atoms with van der Waals surface area (Å²) >= 11 is 1.09. The SMILES string of the molecule is CCC(C)c1ccc(OB(OSCC(C)=C(C#N)C#N)Oc2ccc(C(C)CC)c(-c3ccc(C(C)(C)C)cc3)c2-c2ccc(C(C)(C)C)cc2)cc1. The molecule has 0 N–H and O–H groups in total. The van der Waals surface area contributed by atoms with E-state index >= 15 is 0 Å². The molecule has 276 valence electrons. The smallest absolute Gasteiger partial charge is 0.500 e. The highest BCUT2D eigenvalue weighted by Gasteiger charge is 2.32. The molecule has 0 saturated carbocycles. The molecular formula is C46H55BN2O3S. The highest BCUT2D eigenvalue weighted by Crippen LogP contribution is 2.45. The van der Waals surface area contributed by atoms with Crippen LogP contribution in [0.25, 0.3) is 22.3 Å². The molecule has 0 aliphatic rings. The highest BCUT2D eigenvalue weighted by atomic mass is 32.2. The van der Waals surface area contributed by atoms with Gasteiger partial charge in [0.05, 0.1) is 0 Å². The molecule has 4 aromatic rings.